The fourth-order valence-corrected chi connectivity index (χ4v) is 9.78. The average molecular weight is 1450 g/mol. The molecule has 6 aromatic carbocycles. The summed E-state index contributed by atoms with van der Waals surface area (Å²) < 4.78 is 0. The molecule has 0 N–H and O–H groups in total. The Balaban J connectivity index is -0.0000000412. The first-order valence-corrected chi connectivity index (χ1v) is 34.0. The van der Waals surface area contributed by atoms with Crippen molar-refractivity contribution >= 4 is 187 Å². The van der Waals surface area contributed by atoms with Crippen LogP contribution in [-0.2, 0) is 209 Å². The second kappa shape index (κ2) is 70.7. The van der Waals surface area contributed by atoms with Gasteiger partial charge in [-0.15, -0.1) is 0 Å². The Hall–Kier alpha value is 3.74. The van der Waals surface area contributed by atoms with Gasteiger partial charge in [-0.1, -0.05) is 109 Å². The molecule has 406 valence electrons. The molecule has 0 saturated carbocycles. The van der Waals surface area contributed by atoms with E-state index in [0.717, 1.165) is 0 Å². The number of hydrogen-bond donors (Lipinski definition) is 0. The summed E-state index contributed by atoms with van der Waals surface area (Å²) in [7, 11) is -1.27. The van der Waals surface area contributed by atoms with Crippen LogP contribution in [0.2, 0.25) is 0 Å². The smallest absolute Gasteiger partial charge is 0.0908 e. The van der Waals surface area contributed by atoms with Crippen molar-refractivity contribution in [3.63, 3.8) is 0 Å². The first-order valence-electron chi connectivity index (χ1n) is 19.0. The molecule has 0 saturated heterocycles. The molecule has 0 aliphatic rings. The van der Waals surface area contributed by atoms with Crippen molar-refractivity contribution in [3.05, 3.63) is 182 Å². The number of hydrogen-bond acceptors (Lipinski definition) is 8. The van der Waals surface area contributed by atoms with Gasteiger partial charge >= 0.3 is 0 Å². The van der Waals surface area contributed by atoms with Gasteiger partial charge in [-0.05, 0) is 72.8 Å². The van der Waals surface area contributed by atoms with Gasteiger partial charge in [0.25, 0.3) is 0 Å². The maximum absolute atomic E-state index is 2.31. The van der Waals surface area contributed by atoms with E-state index in [-0.39, 0.29) is 256 Å². The normalized spacial score (nSPS) is 8.03. The molecule has 0 nitrogen and oxygen atoms in total. The van der Waals surface area contributed by atoms with Gasteiger partial charge in [-0.3, -0.25) is 0 Å². The molecular weight excluding hydrogens is 1370 g/mol. The molecule has 0 amide bonds. The Morgan fingerprint density at radius 1 is 0.162 bits per heavy atom. The zero-order valence-electron chi connectivity index (χ0n) is 40.9. The third kappa shape index (κ3) is 57.4. The van der Waals surface area contributed by atoms with E-state index in [1.54, 1.807) is 0 Å². The minimum absolute atomic E-state index is 0. The molecule has 6 radical (unpaired) electrons. The van der Waals surface area contributed by atoms with Gasteiger partial charge < -0.3 is 108 Å². The van der Waals surface area contributed by atoms with Crippen LogP contribution in [0.3, 0.4) is 0 Å². The van der Waals surface area contributed by atoms with Crippen molar-refractivity contribution in [1.82, 2.24) is 0 Å². The van der Waals surface area contributed by atoms with Gasteiger partial charge in [-0.25, -0.2) is 0 Å². The average Bonchev–Trinajstić information content (AvgIpc) is 3.21. The fraction of sp³-hybridized carbons (Fsp3) is 0.250. The summed E-state index contributed by atoms with van der Waals surface area (Å²) in [5.41, 5.74) is 0. The van der Waals surface area contributed by atoms with Gasteiger partial charge in [0, 0.05) is 148 Å². The van der Waals surface area contributed by atoms with E-state index in [0.29, 0.717) is 0 Å². The molecule has 0 spiro atoms. The fourth-order valence-electron chi connectivity index (χ4n) is 4.63. The molecule has 20 heteroatoms. The van der Waals surface area contributed by atoms with Crippen LogP contribution < -0.4 is 31.8 Å². The van der Waals surface area contributed by atoms with Crippen LogP contribution in [0.25, 0.3) is 0 Å². The SMILES string of the molecule is C[PH+](C)c1ccccc1.C[PH+](C)c1ccccc1.C[PH+](C)c1ccccc1.C[PH+](C)c1ccccc1.C[PH+](C)c1ccccc1.C[PH+](C)c1ccccc1.[Co].[Co].[Co].[Co].[Co].[Co].[SH-].[SH-].[SH-].[SH-].[SH-].[SH-].[SH-].[SH-]. The molecule has 6 aromatic rings. The Labute approximate surface area is 543 Å². The van der Waals surface area contributed by atoms with Crippen LogP contribution in [0.1, 0.15) is 0 Å². The van der Waals surface area contributed by atoms with Gasteiger partial charge in [0.15, 0.2) is 0 Å². The van der Waals surface area contributed by atoms with Crippen LogP contribution in [-0.4, -0.2) is 80.0 Å². The Morgan fingerprint density at radius 2 is 0.235 bits per heavy atom. The Bertz CT molecular complexity index is 1400. The van der Waals surface area contributed by atoms with Gasteiger partial charge in [0.2, 0.25) is 0 Å². The topological polar surface area (TPSA) is 0 Å². The molecule has 0 aromatic heterocycles. The summed E-state index contributed by atoms with van der Waals surface area (Å²) in [5.74, 6) is 0. The van der Waals surface area contributed by atoms with Gasteiger partial charge in [0.05, 0.1) is 112 Å². The van der Waals surface area contributed by atoms with E-state index < -0.39 is 0 Å². The van der Waals surface area contributed by atoms with E-state index in [9.17, 15) is 0 Å². The van der Waals surface area contributed by atoms with Crippen molar-refractivity contribution in [2.24, 2.45) is 0 Å². The van der Waals surface area contributed by atoms with Crippen molar-refractivity contribution in [3.8, 4) is 0 Å². The second-order valence-corrected chi connectivity index (χ2v) is 29.7. The van der Waals surface area contributed by atoms with E-state index in [4.69, 9.17) is 0 Å². The quantitative estimate of drug-likeness (QED) is 0.0915. The third-order valence-corrected chi connectivity index (χ3v) is 17.0. The first-order chi connectivity index (χ1) is 25.8. The first kappa shape index (κ1) is 108. The largest absolute Gasteiger partial charge is 0.813 e. The maximum Gasteiger partial charge on any atom is 0.0908 e. The van der Waals surface area contributed by atoms with E-state index >= 15 is 0 Å². The standard InChI is InChI=1S/6C8H11P.6Co.8H2S/c6*1-9(2)8-6-4-3-5-7-8;;;;;;;;;;;;;;/h6*3-7H,1-2H3;;;;;;;8*1H2/p-2. The summed E-state index contributed by atoms with van der Waals surface area (Å²) in [5, 5.41) is 9.10. The number of rotatable bonds is 6. The number of thiol groups is 8. The number of benzene rings is 6. The van der Waals surface area contributed by atoms with Crippen LogP contribution in [0.4, 0.5) is 0 Å². The van der Waals surface area contributed by atoms with E-state index in [1.807, 2.05) is 0 Å². The summed E-state index contributed by atoms with van der Waals surface area (Å²) in [6.07, 6.45) is 0. The second-order valence-electron chi connectivity index (χ2n) is 14.2. The molecule has 0 aliphatic carbocycles. The van der Waals surface area contributed by atoms with Crippen LogP contribution in [0.5, 0.6) is 0 Å². The minimum Gasteiger partial charge on any atom is -0.813 e. The molecule has 0 aliphatic heterocycles. The van der Waals surface area contributed by atoms with Crippen LogP contribution >= 0.6 is 47.5 Å². The molecule has 0 unspecified atom stereocenters. The van der Waals surface area contributed by atoms with Gasteiger partial charge in [-0.2, -0.15) is 0 Å². The third-order valence-electron chi connectivity index (χ3n) is 8.11. The summed E-state index contributed by atoms with van der Waals surface area (Å²) in [6.45, 7) is 27.7. The van der Waals surface area contributed by atoms with Crippen LogP contribution in [0.15, 0.2) is 182 Å². The van der Waals surface area contributed by atoms with Crippen molar-refractivity contribution in [2.75, 3.05) is 80.0 Å². The zero-order valence-corrected chi connectivity index (χ0v) is 60.3. The molecule has 0 fully saturated rings. The molecule has 68 heavy (non-hydrogen) atoms. The molecular formula is C48H80Co6P6S8-2. The monoisotopic (exact) mass is 1450 g/mol. The molecule has 0 bridgehead atoms. The van der Waals surface area contributed by atoms with Crippen molar-refractivity contribution in [1.29, 1.82) is 0 Å². The molecule has 0 heterocycles. The summed E-state index contributed by atoms with van der Waals surface area (Å²) in [4.78, 5) is 0. The predicted molar refractivity (Wildman–Crippen MR) is 348 cm³/mol. The maximum atomic E-state index is 2.31. The van der Waals surface area contributed by atoms with E-state index in [1.165, 1.54) is 31.8 Å². The van der Waals surface area contributed by atoms with Crippen LogP contribution in [0, 0.1) is 0 Å². The van der Waals surface area contributed by atoms with E-state index in [2.05, 4.69) is 262 Å². The van der Waals surface area contributed by atoms with Gasteiger partial charge in [0.1, 0.15) is 0 Å². The van der Waals surface area contributed by atoms with Crippen molar-refractivity contribution in [2.45, 2.75) is 0 Å². The summed E-state index contributed by atoms with van der Waals surface area (Å²) >= 11 is 0. The molecule has 6 rings (SSSR count). The Kier molecular flexibility index (Phi) is 112. The molecule has 0 atom stereocenters. The minimum atomic E-state index is -0.212. The van der Waals surface area contributed by atoms with Crippen molar-refractivity contribution < 1.29 is 101 Å². The predicted octanol–water partition coefficient (Wildman–Crippen LogP) is 8.54. The zero-order chi connectivity index (χ0) is 40.1. The summed E-state index contributed by atoms with van der Waals surface area (Å²) in [6, 6.07) is 64.1. The Morgan fingerprint density at radius 3 is 0.279 bits per heavy atom.